The molecule has 8 atom stereocenters. The van der Waals surface area contributed by atoms with E-state index in [0.29, 0.717) is 37.3 Å². The number of ketones is 2. The molecule has 0 radical (unpaired) electrons. The smallest absolute Gasteiger partial charge is 0.350 e. The molecule has 2 saturated carbocycles. The first-order valence-electron chi connectivity index (χ1n) is 18.5. The number of guanidine groups is 1. The number of rotatable bonds is 18. The largest absolute Gasteiger partial charge is 0.463 e. The number of esters is 1. The minimum absolute atomic E-state index is 0.0843. The van der Waals surface area contributed by atoms with Gasteiger partial charge in [-0.15, -0.1) is 0 Å². The molecule has 8 unspecified atom stereocenters. The minimum Gasteiger partial charge on any atom is -0.463 e. The van der Waals surface area contributed by atoms with E-state index < -0.39 is 23.1 Å². The van der Waals surface area contributed by atoms with Crippen LogP contribution < -0.4 is 37.3 Å². The summed E-state index contributed by atoms with van der Waals surface area (Å²) >= 11 is 0. The van der Waals surface area contributed by atoms with Gasteiger partial charge in [-0.05, 0) is 33.1 Å². The Morgan fingerprint density at radius 3 is 2.64 bits per heavy atom. The lowest BCUT2D eigenvalue weighted by atomic mass is 9.61. The first-order valence-corrected chi connectivity index (χ1v) is 18.5. The fourth-order valence-electron chi connectivity index (χ4n) is 8.29. The van der Waals surface area contributed by atoms with Gasteiger partial charge in [0.2, 0.25) is 0 Å². The number of nitrogens with two attached hydrogens (primary N) is 4. The van der Waals surface area contributed by atoms with E-state index in [1.54, 1.807) is 7.05 Å². The molecule has 4 fully saturated rings. The predicted octanol–water partition coefficient (Wildman–Crippen LogP) is -2.87. The molecule has 0 aromatic carbocycles. The van der Waals surface area contributed by atoms with Crippen molar-refractivity contribution in [3.05, 3.63) is 11.6 Å². The average molecular weight is 664 g/mol. The van der Waals surface area contributed by atoms with Gasteiger partial charge in [-0.2, -0.15) is 0 Å². The van der Waals surface area contributed by atoms with Crippen molar-refractivity contribution < 1.29 is 44.8 Å². The summed E-state index contributed by atoms with van der Waals surface area (Å²) in [5, 5.41) is 13.8. The summed E-state index contributed by atoms with van der Waals surface area (Å²) in [7, 11) is 3.86. The van der Waals surface area contributed by atoms with Gasteiger partial charge in [0.1, 0.15) is 12.8 Å². The quantitative estimate of drug-likeness (QED) is 0.0155. The number of unbranched alkanes of at least 4 members (excludes halogenated alkanes) is 1. The van der Waals surface area contributed by atoms with E-state index in [2.05, 4.69) is 59.4 Å². The molecule has 4 aliphatic rings. The molecule has 0 aromatic heterocycles. The number of fused-ring (bicyclic) bond motifs is 2. The van der Waals surface area contributed by atoms with E-state index in [0.717, 1.165) is 76.8 Å². The van der Waals surface area contributed by atoms with Gasteiger partial charge in [-0.3, -0.25) is 25.6 Å². The van der Waals surface area contributed by atoms with Crippen molar-refractivity contribution in [2.45, 2.75) is 115 Å². The van der Waals surface area contributed by atoms with Crippen LogP contribution in [0.4, 0.5) is 0 Å². The maximum absolute atomic E-state index is 14.2. The van der Waals surface area contributed by atoms with Crippen LogP contribution in [-0.4, -0.2) is 93.9 Å². The highest BCUT2D eigenvalue weighted by Crippen LogP contribution is 2.61. The van der Waals surface area contributed by atoms with Gasteiger partial charge >= 0.3 is 11.9 Å². The monoisotopic (exact) mass is 664 g/mol. The molecule has 2 heterocycles. The molecule has 266 valence electrons. The van der Waals surface area contributed by atoms with Gasteiger partial charge in [0.15, 0.2) is 17.2 Å². The predicted molar refractivity (Wildman–Crippen MR) is 178 cm³/mol. The molecular formula is C35H65N7O5+4. The number of carbonyl (C=O) groups is 3. The third-order valence-corrected chi connectivity index (χ3v) is 11.1. The van der Waals surface area contributed by atoms with Crippen LogP contribution in [0.2, 0.25) is 0 Å². The first-order chi connectivity index (χ1) is 22.7. The molecule has 2 saturated heterocycles. The summed E-state index contributed by atoms with van der Waals surface area (Å²) in [6.45, 7) is 10.3. The van der Waals surface area contributed by atoms with Crippen LogP contribution in [0.3, 0.4) is 0 Å². The van der Waals surface area contributed by atoms with Crippen molar-refractivity contribution >= 4 is 23.5 Å². The van der Waals surface area contributed by atoms with Crippen molar-refractivity contribution in [2.24, 2.45) is 29.4 Å². The molecule has 0 bridgehead atoms. The van der Waals surface area contributed by atoms with Crippen molar-refractivity contribution in [1.82, 2.24) is 10.6 Å². The second-order valence-corrected chi connectivity index (χ2v) is 14.5. The Morgan fingerprint density at radius 1 is 1.21 bits per heavy atom. The van der Waals surface area contributed by atoms with Crippen molar-refractivity contribution in [3.63, 3.8) is 0 Å². The van der Waals surface area contributed by atoms with Crippen LogP contribution in [0, 0.1) is 23.7 Å². The van der Waals surface area contributed by atoms with Crippen LogP contribution in [0.15, 0.2) is 11.6 Å². The zero-order valence-corrected chi connectivity index (χ0v) is 29.7. The van der Waals surface area contributed by atoms with E-state index in [1.807, 2.05) is 6.08 Å². The number of epoxide rings is 1. The highest BCUT2D eigenvalue weighted by atomic mass is 16.7. The molecule has 0 amide bonds. The molecule has 4 rings (SSSR count). The Hall–Kier alpha value is -2.38. The Bertz CT molecular complexity index is 1140. The Balaban J connectivity index is 1.53. The molecule has 2 aliphatic heterocycles. The average Bonchev–Trinajstić information content (AvgIpc) is 3.80. The standard InChI is InChI=1S/C35H61N7O5/c1-6-8-11-24(20-39-7-2)21-46-32(45)35-31(44)27-13-10-9-12-26(27)30(43)34(35,47-35)16-14-23(3)18-28(42-33(36)38-5)25-15-17-40-29(19-25)41-22-37-4/h14,24-29,37,39-41H,6-13,15-22H2,1-5H3,(H3,36,38,42)/p+4. The Morgan fingerprint density at radius 2 is 1.96 bits per heavy atom. The normalized spacial score (nSPS) is 32.3. The first kappa shape index (κ1) is 37.4. The van der Waals surface area contributed by atoms with E-state index in [-0.39, 0.29) is 42.5 Å². The lowest BCUT2D eigenvalue weighted by Crippen LogP contribution is -2.98. The number of hydrogen-bond donors (Lipinski definition) is 7. The molecule has 0 spiro atoms. The number of carbonyl (C=O) groups excluding carboxylic acids is 3. The molecule has 47 heavy (non-hydrogen) atoms. The molecule has 0 aromatic rings. The van der Waals surface area contributed by atoms with Gasteiger partial charge < -0.3 is 25.4 Å². The maximum atomic E-state index is 14.2. The van der Waals surface area contributed by atoms with Crippen LogP contribution >= 0.6 is 0 Å². The SMILES string of the molecule is CCCCC(C[NH2+]CC)COC(=O)C12OC1(CC=C(C)CC(NC(N)=[NH+]C)C1CC[NH2+]C(NC[NH2+]C)C1)C(=O)C1CCCCC1C2=O. The van der Waals surface area contributed by atoms with Crippen LogP contribution in [0.25, 0.3) is 0 Å². The van der Waals surface area contributed by atoms with Crippen LogP contribution in [-0.2, 0) is 23.9 Å². The summed E-state index contributed by atoms with van der Waals surface area (Å²) in [6.07, 6.45) is 11.5. The van der Waals surface area contributed by atoms with Crippen molar-refractivity contribution in [2.75, 3.05) is 47.0 Å². The molecule has 12 nitrogen and oxygen atoms in total. The number of quaternary nitrogens is 3. The zero-order chi connectivity index (χ0) is 34.0. The summed E-state index contributed by atoms with van der Waals surface area (Å²) in [4.78, 5) is 45.3. The third kappa shape index (κ3) is 8.44. The van der Waals surface area contributed by atoms with Crippen LogP contribution in [0.1, 0.15) is 91.4 Å². The van der Waals surface area contributed by atoms with Crippen LogP contribution in [0.5, 0.6) is 0 Å². The molecule has 11 N–H and O–H groups in total. The van der Waals surface area contributed by atoms with E-state index in [4.69, 9.17) is 15.2 Å². The van der Waals surface area contributed by atoms with Gasteiger partial charge in [0.05, 0.1) is 46.4 Å². The fraction of sp³-hybridized carbons (Fsp3) is 0.829. The van der Waals surface area contributed by atoms with Gasteiger partial charge in [-0.1, -0.05) is 44.3 Å². The number of hydrogen-bond acceptors (Lipinski definition) is 6. The lowest BCUT2D eigenvalue weighted by molar-refractivity contribution is -0.717. The second kappa shape index (κ2) is 17.3. The Kier molecular flexibility index (Phi) is 13.8. The summed E-state index contributed by atoms with van der Waals surface area (Å²) in [5.41, 5.74) is 4.01. The van der Waals surface area contributed by atoms with Gasteiger partial charge in [0.25, 0.3) is 5.60 Å². The van der Waals surface area contributed by atoms with E-state index in [1.165, 1.54) is 0 Å². The van der Waals surface area contributed by atoms with E-state index >= 15 is 0 Å². The minimum atomic E-state index is -1.82. The van der Waals surface area contributed by atoms with Crippen molar-refractivity contribution in [3.8, 4) is 0 Å². The topological polar surface area (TPSA) is 187 Å². The highest BCUT2D eigenvalue weighted by molar-refractivity contribution is 6.23. The second-order valence-electron chi connectivity index (χ2n) is 14.5. The summed E-state index contributed by atoms with van der Waals surface area (Å²) < 4.78 is 12.2. The van der Waals surface area contributed by atoms with Gasteiger partial charge in [0, 0.05) is 49.4 Å². The zero-order valence-electron chi connectivity index (χ0n) is 29.7. The lowest BCUT2D eigenvalue weighted by Gasteiger charge is -2.36. The molecular weight excluding hydrogens is 598 g/mol. The highest BCUT2D eigenvalue weighted by Gasteiger charge is 2.86. The maximum Gasteiger partial charge on any atom is 0.350 e. The number of Topliss-reactive ketones (excluding diaryl/α,β-unsaturated/α-hetero) is 2. The van der Waals surface area contributed by atoms with E-state index in [9.17, 15) is 14.4 Å². The van der Waals surface area contributed by atoms with Gasteiger partial charge in [-0.25, -0.2) is 10.1 Å². The number of ether oxygens (including phenoxy) is 2. The third-order valence-electron chi connectivity index (χ3n) is 11.1. The van der Waals surface area contributed by atoms with Crippen molar-refractivity contribution in [1.29, 1.82) is 0 Å². The summed E-state index contributed by atoms with van der Waals surface area (Å²) in [6, 6.07) is 0.0843. The number of nitrogens with one attached hydrogen (secondary N) is 3. The Labute approximate surface area is 281 Å². The fourth-order valence-corrected chi connectivity index (χ4v) is 8.29. The summed E-state index contributed by atoms with van der Waals surface area (Å²) in [5.74, 6) is -0.718. The molecule has 2 aliphatic carbocycles. The molecule has 12 heteroatoms. The number of piperidine rings is 1.